The van der Waals surface area contributed by atoms with Crippen molar-refractivity contribution in [3.8, 4) is 0 Å². The Hall–Kier alpha value is -1.55. The Kier molecular flexibility index (Phi) is 5.36. The highest BCUT2D eigenvalue weighted by atomic mass is 16.6. The van der Waals surface area contributed by atoms with Gasteiger partial charge in [-0.15, -0.1) is 0 Å². The molecule has 4 nitrogen and oxygen atoms in total. The van der Waals surface area contributed by atoms with Gasteiger partial charge in [0.25, 0.3) is 0 Å². The molecule has 0 fully saturated rings. The van der Waals surface area contributed by atoms with E-state index in [4.69, 9.17) is 10.5 Å². The number of ether oxygens (including phenoxy) is 1. The molecule has 1 rings (SSSR count). The molecule has 0 radical (unpaired) electrons. The van der Waals surface area contributed by atoms with E-state index in [-0.39, 0.29) is 6.09 Å². The van der Waals surface area contributed by atoms with E-state index in [1.54, 1.807) is 4.90 Å². The summed E-state index contributed by atoms with van der Waals surface area (Å²) in [6.45, 7) is 8.72. The monoisotopic (exact) mass is 264 g/mol. The summed E-state index contributed by atoms with van der Waals surface area (Å²) < 4.78 is 5.39. The number of anilines is 1. The summed E-state index contributed by atoms with van der Waals surface area (Å²) in [5.41, 5.74) is 7.05. The zero-order valence-electron chi connectivity index (χ0n) is 12.3. The molecule has 0 heterocycles. The van der Waals surface area contributed by atoms with Gasteiger partial charge in [0, 0.05) is 12.2 Å². The first-order chi connectivity index (χ1) is 8.87. The molecule has 0 saturated carbocycles. The number of amides is 1. The van der Waals surface area contributed by atoms with Crippen LogP contribution in [0.3, 0.4) is 0 Å². The fourth-order valence-electron chi connectivity index (χ4n) is 1.74. The van der Waals surface area contributed by atoms with E-state index in [1.807, 2.05) is 52.0 Å². The molecule has 0 unspecified atom stereocenters. The van der Waals surface area contributed by atoms with Crippen LogP contribution < -0.4 is 10.6 Å². The maximum absolute atomic E-state index is 12.1. The molecule has 19 heavy (non-hydrogen) atoms. The zero-order valence-corrected chi connectivity index (χ0v) is 12.3. The molecular formula is C15H24N2O2. The highest BCUT2D eigenvalue weighted by Crippen LogP contribution is 2.19. The maximum Gasteiger partial charge on any atom is 0.414 e. The predicted molar refractivity (Wildman–Crippen MR) is 78.5 cm³/mol. The standard InChI is InChI=1S/C15H24N2O2/c1-5-17(14(18)19-15(2,3)4)13-8-6-12(7-9-13)10-11-16/h6-9H,5,10-11,16H2,1-4H3. The average Bonchev–Trinajstić information content (AvgIpc) is 2.30. The van der Waals surface area contributed by atoms with Gasteiger partial charge in [-0.25, -0.2) is 4.79 Å². The fourth-order valence-corrected chi connectivity index (χ4v) is 1.74. The van der Waals surface area contributed by atoms with E-state index in [9.17, 15) is 4.79 Å². The minimum Gasteiger partial charge on any atom is -0.443 e. The number of carbonyl (C=O) groups excluding carboxylic acids is 1. The fraction of sp³-hybridized carbons (Fsp3) is 0.533. The SMILES string of the molecule is CCN(C(=O)OC(C)(C)C)c1ccc(CCN)cc1. The number of nitrogens with zero attached hydrogens (tertiary/aromatic N) is 1. The molecule has 1 amide bonds. The lowest BCUT2D eigenvalue weighted by molar-refractivity contribution is 0.0582. The van der Waals surface area contributed by atoms with Crippen LogP contribution in [0.5, 0.6) is 0 Å². The van der Waals surface area contributed by atoms with Gasteiger partial charge in [-0.05, 0) is 58.4 Å². The van der Waals surface area contributed by atoms with Crippen molar-refractivity contribution in [2.45, 2.75) is 39.7 Å². The molecule has 0 aromatic heterocycles. The van der Waals surface area contributed by atoms with E-state index in [1.165, 1.54) is 5.56 Å². The van der Waals surface area contributed by atoms with Crippen LogP contribution >= 0.6 is 0 Å². The molecule has 106 valence electrons. The molecule has 1 aromatic rings. The molecular weight excluding hydrogens is 240 g/mol. The lowest BCUT2D eigenvalue weighted by Crippen LogP contribution is -2.36. The first-order valence-corrected chi connectivity index (χ1v) is 6.67. The summed E-state index contributed by atoms with van der Waals surface area (Å²) in [6.07, 6.45) is 0.528. The molecule has 0 saturated heterocycles. The van der Waals surface area contributed by atoms with Crippen LogP contribution in [0, 0.1) is 0 Å². The molecule has 0 aliphatic heterocycles. The second kappa shape index (κ2) is 6.57. The summed E-state index contributed by atoms with van der Waals surface area (Å²) in [5.74, 6) is 0. The van der Waals surface area contributed by atoms with E-state index in [0.717, 1.165) is 12.1 Å². The summed E-state index contributed by atoms with van der Waals surface area (Å²) in [7, 11) is 0. The van der Waals surface area contributed by atoms with Crippen molar-refractivity contribution < 1.29 is 9.53 Å². The van der Waals surface area contributed by atoms with Gasteiger partial charge in [-0.3, -0.25) is 4.90 Å². The van der Waals surface area contributed by atoms with Crippen LogP contribution in [0.25, 0.3) is 0 Å². The molecule has 1 aromatic carbocycles. The molecule has 0 bridgehead atoms. The third kappa shape index (κ3) is 4.91. The Morgan fingerprint density at radius 2 is 1.84 bits per heavy atom. The zero-order chi connectivity index (χ0) is 14.5. The van der Waals surface area contributed by atoms with Crippen LogP contribution in [0.1, 0.15) is 33.3 Å². The van der Waals surface area contributed by atoms with Gasteiger partial charge in [-0.1, -0.05) is 12.1 Å². The second-order valence-corrected chi connectivity index (χ2v) is 5.43. The molecule has 0 atom stereocenters. The summed E-state index contributed by atoms with van der Waals surface area (Å²) >= 11 is 0. The van der Waals surface area contributed by atoms with Gasteiger partial charge in [0.15, 0.2) is 0 Å². The summed E-state index contributed by atoms with van der Waals surface area (Å²) in [5, 5.41) is 0. The molecule has 0 aliphatic rings. The van der Waals surface area contributed by atoms with Gasteiger partial charge in [0.2, 0.25) is 0 Å². The van der Waals surface area contributed by atoms with E-state index >= 15 is 0 Å². The normalized spacial score (nSPS) is 11.2. The number of hydrogen-bond acceptors (Lipinski definition) is 3. The molecule has 2 N–H and O–H groups in total. The topological polar surface area (TPSA) is 55.6 Å². The van der Waals surface area contributed by atoms with Gasteiger partial charge in [-0.2, -0.15) is 0 Å². The second-order valence-electron chi connectivity index (χ2n) is 5.43. The number of benzene rings is 1. The Labute approximate surface area is 115 Å². The van der Waals surface area contributed by atoms with E-state index in [2.05, 4.69) is 0 Å². The van der Waals surface area contributed by atoms with Gasteiger partial charge >= 0.3 is 6.09 Å². The van der Waals surface area contributed by atoms with Crippen LogP contribution in [-0.2, 0) is 11.2 Å². The van der Waals surface area contributed by atoms with Crippen molar-refractivity contribution >= 4 is 11.8 Å². The van der Waals surface area contributed by atoms with Crippen molar-refractivity contribution in [3.05, 3.63) is 29.8 Å². The average molecular weight is 264 g/mol. The van der Waals surface area contributed by atoms with Gasteiger partial charge in [0.1, 0.15) is 5.60 Å². The molecule has 0 aliphatic carbocycles. The Morgan fingerprint density at radius 1 is 1.26 bits per heavy atom. The van der Waals surface area contributed by atoms with Crippen LogP contribution in [0.15, 0.2) is 24.3 Å². The maximum atomic E-state index is 12.1. The number of rotatable bonds is 4. The van der Waals surface area contributed by atoms with Crippen molar-refractivity contribution in [2.75, 3.05) is 18.0 Å². The Morgan fingerprint density at radius 3 is 2.26 bits per heavy atom. The highest BCUT2D eigenvalue weighted by Gasteiger charge is 2.22. The largest absolute Gasteiger partial charge is 0.443 e. The van der Waals surface area contributed by atoms with Crippen LogP contribution in [-0.4, -0.2) is 24.8 Å². The summed E-state index contributed by atoms with van der Waals surface area (Å²) in [4.78, 5) is 13.7. The first-order valence-electron chi connectivity index (χ1n) is 6.67. The Balaban J connectivity index is 2.82. The van der Waals surface area contributed by atoms with E-state index in [0.29, 0.717) is 13.1 Å². The predicted octanol–water partition coefficient (Wildman–Crippen LogP) is 2.95. The number of carbonyl (C=O) groups is 1. The third-order valence-corrected chi connectivity index (χ3v) is 2.61. The van der Waals surface area contributed by atoms with E-state index < -0.39 is 5.60 Å². The quantitative estimate of drug-likeness (QED) is 0.909. The van der Waals surface area contributed by atoms with Crippen LogP contribution in [0.4, 0.5) is 10.5 Å². The first kappa shape index (κ1) is 15.5. The molecule has 0 spiro atoms. The summed E-state index contributed by atoms with van der Waals surface area (Å²) in [6, 6.07) is 7.85. The minimum absolute atomic E-state index is 0.318. The number of hydrogen-bond donors (Lipinski definition) is 1. The Bertz CT molecular complexity index is 407. The lowest BCUT2D eigenvalue weighted by atomic mass is 10.1. The van der Waals surface area contributed by atoms with Crippen molar-refractivity contribution in [2.24, 2.45) is 5.73 Å². The smallest absolute Gasteiger partial charge is 0.414 e. The highest BCUT2D eigenvalue weighted by molar-refractivity contribution is 5.87. The van der Waals surface area contributed by atoms with Crippen molar-refractivity contribution in [1.29, 1.82) is 0 Å². The molecule has 4 heteroatoms. The van der Waals surface area contributed by atoms with Crippen molar-refractivity contribution in [1.82, 2.24) is 0 Å². The van der Waals surface area contributed by atoms with Crippen LogP contribution in [0.2, 0.25) is 0 Å². The minimum atomic E-state index is -0.482. The van der Waals surface area contributed by atoms with Gasteiger partial charge < -0.3 is 10.5 Å². The third-order valence-electron chi connectivity index (χ3n) is 2.61. The lowest BCUT2D eigenvalue weighted by Gasteiger charge is -2.26. The number of nitrogens with two attached hydrogens (primary N) is 1. The van der Waals surface area contributed by atoms with Gasteiger partial charge in [0.05, 0.1) is 0 Å². The van der Waals surface area contributed by atoms with Crippen molar-refractivity contribution in [3.63, 3.8) is 0 Å².